The molecule has 9 heavy (non-hydrogen) atoms. The van der Waals surface area contributed by atoms with Gasteiger partial charge in [0.2, 0.25) is 0 Å². The fourth-order valence-corrected chi connectivity index (χ4v) is 0.852. The molecule has 0 saturated carbocycles. The molecule has 0 aromatic heterocycles. The van der Waals surface area contributed by atoms with Crippen LogP contribution in [0.25, 0.3) is 0 Å². The minimum atomic E-state index is -0.0330. The van der Waals surface area contributed by atoms with E-state index in [2.05, 4.69) is 6.08 Å². The van der Waals surface area contributed by atoms with E-state index in [-0.39, 0.29) is 5.41 Å². The van der Waals surface area contributed by atoms with Crippen molar-refractivity contribution in [2.45, 2.75) is 20.3 Å². The van der Waals surface area contributed by atoms with Crippen LogP contribution in [0.3, 0.4) is 0 Å². The van der Waals surface area contributed by atoms with Gasteiger partial charge in [0.25, 0.3) is 0 Å². The lowest BCUT2D eigenvalue weighted by Crippen LogP contribution is -2.14. The molecule has 0 aromatic rings. The highest BCUT2D eigenvalue weighted by molar-refractivity contribution is 5.18. The minimum absolute atomic E-state index is 0.0330. The van der Waals surface area contributed by atoms with Crippen LogP contribution in [-0.2, 0) is 0 Å². The number of rotatable bonds is 0. The van der Waals surface area contributed by atoms with Crippen molar-refractivity contribution in [3.8, 4) is 0 Å². The molecule has 0 saturated heterocycles. The third kappa shape index (κ3) is 1.15. The van der Waals surface area contributed by atoms with E-state index in [1.807, 2.05) is 19.9 Å². The summed E-state index contributed by atoms with van der Waals surface area (Å²) in [4.78, 5) is 0. The van der Waals surface area contributed by atoms with E-state index in [0.29, 0.717) is 5.76 Å². The van der Waals surface area contributed by atoms with E-state index in [9.17, 15) is 5.11 Å². The number of aliphatic hydroxyl groups is 1. The smallest absolute Gasteiger partial charge is 0.0981 e. The first-order valence-corrected chi connectivity index (χ1v) is 3.19. The number of hydrogen-bond acceptors (Lipinski definition) is 1. The van der Waals surface area contributed by atoms with Gasteiger partial charge in [0.1, 0.15) is 0 Å². The van der Waals surface area contributed by atoms with Gasteiger partial charge < -0.3 is 5.11 Å². The van der Waals surface area contributed by atoms with Gasteiger partial charge in [-0.25, -0.2) is 0 Å². The molecule has 0 amide bonds. The van der Waals surface area contributed by atoms with Crippen molar-refractivity contribution in [1.82, 2.24) is 0 Å². The van der Waals surface area contributed by atoms with Gasteiger partial charge in [-0.1, -0.05) is 26.0 Å². The molecule has 0 fully saturated rings. The monoisotopic (exact) mass is 124 g/mol. The first kappa shape index (κ1) is 6.40. The second-order valence-electron chi connectivity index (χ2n) is 3.07. The molecular weight excluding hydrogens is 112 g/mol. The van der Waals surface area contributed by atoms with E-state index in [1.165, 1.54) is 0 Å². The van der Waals surface area contributed by atoms with Crippen molar-refractivity contribution in [2.75, 3.05) is 0 Å². The van der Waals surface area contributed by atoms with E-state index in [0.717, 1.165) is 6.42 Å². The average molecular weight is 124 g/mol. The lowest BCUT2D eigenvalue weighted by Gasteiger charge is -2.23. The molecule has 1 nitrogen and oxygen atoms in total. The maximum atomic E-state index is 9.25. The minimum Gasteiger partial charge on any atom is -0.512 e. The highest BCUT2D eigenvalue weighted by Gasteiger charge is 2.22. The van der Waals surface area contributed by atoms with Crippen LogP contribution >= 0.6 is 0 Å². The Balaban J connectivity index is 2.83. The molecule has 1 aliphatic carbocycles. The summed E-state index contributed by atoms with van der Waals surface area (Å²) in [6.45, 7) is 4.06. The second kappa shape index (κ2) is 1.90. The Morgan fingerprint density at radius 3 is 2.56 bits per heavy atom. The van der Waals surface area contributed by atoms with Crippen LogP contribution in [-0.4, -0.2) is 5.11 Å². The number of allylic oxidation sites excluding steroid dienone is 4. The van der Waals surface area contributed by atoms with Crippen molar-refractivity contribution >= 4 is 0 Å². The topological polar surface area (TPSA) is 20.2 Å². The van der Waals surface area contributed by atoms with Crippen molar-refractivity contribution in [3.63, 3.8) is 0 Å². The van der Waals surface area contributed by atoms with Crippen LogP contribution in [0, 0.1) is 5.41 Å². The molecule has 1 N–H and O–H groups in total. The highest BCUT2D eigenvalue weighted by atomic mass is 16.3. The van der Waals surface area contributed by atoms with Crippen LogP contribution in [0.15, 0.2) is 24.0 Å². The molecule has 1 aliphatic rings. The molecule has 0 heterocycles. The Labute approximate surface area is 55.7 Å². The average Bonchev–Trinajstić information content (AvgIpc) is 1.77. The summed E-state index contributed by atoms with van der Waals surface area (Å²) in [7, 11) is 0. The Morgan fingerprint density at radius 1 is 1.56 bits per heavy atom. The Hall–Kier alpha value is -0.720. The van der Waals surface area contributed by atoms with Crippen LogP contribution in [0.4, 0.5) is 0 Å². The molecule has 0 aliphatic heterocycles. The first-order valence-electron chi connectivity index (χ1n) is 3.19. The lowest BCUT2D eigenvalue weighted by molar-refractivity contribution is 0.257. The number of aliphatic hydroxyl groups excluding tert-OH is 1. The molecule has 1 rings (SSSR count). The molecule has 1 heteroatoms. The van der Waals surface area contributed by atoms with Gasteiger partial charge in [0.05, 0.1) is 5.76 Å². The Bertz CT molecular complexity index is 163. The predicted octanol–water partition coefficient (Wildman–Crippen LogP) is 2.41. The van der Waals surface area contributed by atoms with Gasteiger partial charge >= 0.3 is 0 Å². The summed E-state index contributed by atoms with van der Waals surface area (Å²) in [5, 5.41) is 9.25. The predicted molar refractivity (Wildman–Crippen MR) is 38.2 cm³/mol. The number of hydrogen-bond donors (Lipinski definition) is 1. The van der Waals surface area contributed by atoms with Crippen LogP contribution in [0.2, 0.25) is 0 Å². The molecule has 0 bridgehead atoms. The van der Waals surface area contributed by atoms with Crippen molar-refractivity contribution in [2.24, 2.45) is 5.41 Å². The quantitative estimate of drug-likeness (QED) is 0.525. The molecule has 0 unspecified atom stereocenters. The zero-order valence-corrected chi connectivity index (χ0v) is 5.89. The second-order valence-corrected chi connectivity index (χ2v) is 3.07. The summed E-state index contributed by atoms with van der Waals surface area (Å²) in [5.41, 5.74) is -0.0330. The SMILES string of the molecule is CC1(C)CC=CC=C1O. The summed E-state index contributed by atoms with van der Waals surface area (Å²) in [5.74, 6) is 0.491. The summed E-state index contributed by atoms with van der Waals surface area (Å²) in [6.07, 6.45) is 6.65. The van der Waals surface area contributed by atoms with Crippen molar-refractivity contribution in [1.29, 1.82) is 0 Å². The molecule has 0 radical (unpaired) electrons. The van der Waals surface area contributed by atoms with Crippen LogP contribution in [0.5, 0.6) is 0 Å². The molecular formula is C8H12O. The third-order valence-corrected chi connectivity index (χ3v) is 1.71. The first-order chi connectivity index (χ1) is 4.13. The standard InChI is InChI=1S/C8H12O/c1-8(2)6-4-3-5-7(8)9/h3-5,9H,6H2,1-2H3. The van der Waals surface area contributed by atoms with Crippen molar-refractivity contribution < 1.29 is 5.11 Å². The zero-order valence-electron chi connectivity index (χ0n) is 5.89. The van der Waals surface area contributed by atoms with E-state index in [4.69, 9.17) is 0 Å². The Kier molecular flexibility index (Phi) is 1.35. The van der Waals surface area contributed by atoms with Crippen LogP contribution < -0.4 is 0 Å². The lowest BCUT2D eigenvalue weighted by atomic mass is 9.84. The van der Waals surface area contributed by atoms with Crippen LogP contribution in [0.1, 0.15) is 20.3 Å². The van der Waals surface area contributed by atoms with Gasteiger partial charge in [-0.05, 0) is 12.5 Å². The molecule has 50 valence electrons. The zero-order chi connectivity index (χ0) is 6.91. The largest absolute Gasteiger partial charge is 0.512 e. The van der Waals surface area contributed by atoms with Gasteiger partial charge in [-0.15, -0.1) is 0 Å². The van der Waals surface area contributed by atoms with E-state index >= 15 is 0 Å². The summed E-state index contributed by atoms with van der Waals surface area (Å²) >= 11 is 0. The highest BCUT2D eigenvalue weighted by Crippen LogP contribution is 2.31. The normalized spacial score (nSPS) is 23.6. The van der Waals surface area contributed by atoms with E-state index in [1.54, 1.807) is 6.08 Å². The van der Waals surface area contributed by atoms with Gasteiger partial charge in [-0.2, -0.15) is 0 Å². The fourth-order valence-electron chi connectivity index (χ4n) is 0.852. The van der Waals surface area contributed by atoms with Gasteiger partial charge in [0, 0.05) is 5.41 Å². The molecule has 0 spiro atoms. The van der Waals surface area contributed by atoms with Gasteiger partial charge in [0.15, 0.2) is 0 Å². The summed E-state index contributed by atoms with van der Waals surface area (Å²) in [6, 6.07) is 0. The summed E-state index contributed by atoms with van der Waals surface area (Å²) < 4.78 is 0. The molecule has 0 atom stereocenters. The molecule has 0 aromatic carbocycles. The maximum Gasteiger partial charge on any atom is 0.0981 e. The maximum absolute atomic E-state index is 9.25. The van der Waals surface area contributed by atoms with Gasteiger partial charge in [-0.3, -0.25) is 0 Å². The van der Waals surface area contributed by atoms with E-state index < -0.39 is 0 Å². The Morgan fingerprint density at radius 2 is 2.22 bits per heavy atom. The third-order valence-electron chi connectivity index (χ3n) is 1.71. The fraction of sp³-hybridized carbons (Fsp3) is 0.500. The van der Waals surface area contributed by atoms with Crippen molar-refractivity contribution in [3.05, 3.63) is 24.0 Å².